The third kappa shape index (κ3) is 5.63. The Morgan fingerprint density at radius 2 is 1.56 bits per heavy atom. The second-order valence-electron chi connectivity index (χ2n) is 6.79. The van der Waals surface area contributed by atoms with E-state index in [1.54, 1.807) is 20.8 Å². The molecule has 27 heavy (non-hydrogen) atoms. The maximum Gasteiger partial charge on any atom is 0.343 e. The first kappa shape index (κ1) is 20.6. The monoisotopic (exact) mass is 391 g/mol. The van der Waals surface area contributed by atoms with E-state index in [-0.39, 0.29) is 16.2 Å². The van der Waals surface area contributed by atoms with Crippen molar-refractivity contribution in [3.63, 3.8) is 0 Å². The van der Waals surface area contributed by atoms with Gasteiger partial charge < -0.3 is 9.47 Å². The van der Waals surface area contributed by atoms with Crippen molar-refractivity contribution in [1.82, 2.24) is 4.72 Å². The summed E-state index contributed by atoms with van der Waals surface area (Å²) in [6.07, 6.45) is 0. The van der Waals surface area contributed by atoms with E-state index >= 15 is 0 Å². The molecule has 0 radical (unpaired) electrons. The molecule has 7 nitrogen and oxygen atoms in total. The van der Waals surface area contributed by atoms with E-state index in [1.807, 2.05) is 0 Å². The number of carbonyl (C=O) groups is 2. The molecule has 144 valence electrons. The Labute approximate surface area is 158 Å². The van der Waals surface area contributed by atoms with Crippen molar-refractivity contribution in [2.24, 2.45) is 0 Å². The van der Waals surface area contributed by atoms with Crippen molar-refractivity contribution >= 4 is 22.0 Å². The normalized spacial score (nSPS) is 11.7. The van der Waals surface area contributed by atoms with Crippen molar-refractivity contribution in [2.45, 2.75) is 31.2 Å². The summed E-state index contributed by atoms with van der Waals surface area (Å²) in [5, 5.41) is 0. The van der Waals surface area contributed by atoms with Gasteiger partial charge in [-0.1, -0.05) is 6.07 Å². The van der Waals surface area contributed by atoms with Crippen LogP contribution in [0.5, 0.6) is 5.75 Å². The molecular formula is C19H21NO6S. The molecule has 0 amide bonds. The van der Waals surface area contributed by atoms with Crippen molar-refractivity contribution in [3.8, 4) is 5.75 Å². The molecule has 0 atom stereocenters. The van der Waals surface area contributed by atoms with Crippen LogP contribution in [0.2, 0.25) is 0 Å². The molecular weight excluding hydrogens is 370 g/mol. The quantitative estimate of drug-likeness (QED) is 0.622. The fourth-order valence-corrected chi connectivity index (χ4v) is 3.66. The van der Waals surface area contributed by atoms with Crippen LogP contribution in [0.3, 0.4) is 0 Å². The molecule has 0 saturated heterocycles. The van der Waals surface area contributed by atoms with Gasteiger partial charge in [-0.05, 0) is 63.2 Å². The lowest BCUT2D eigenvalue weighted by atomic mass is 10.1. The zero-order chi connectivity index (χ0) is 20.2. The highest BCUT2D eigenvalue weighted by Gasteiger charge is 2.23. The first-order valence-corrected chi connectivity index (χ1v) is 9.55. The number of methoxy groups -OCH3 is 1. The number of hydrogen-bond acceptors (Lipinski definition) is 6. The van der Waals surface area contributed by atoms with Gasteiger partial charge in [0.05, 0.1) is 23.1 Å². The number of ether oxygens (including phenoxy) is 2. The topological polar surface area (TPSA) is 98.8 Å². The number of carbonyl (C=O) groups excluding carboxylic acids is 2. The minimum absolute atomic E-state index is 0.0343. The van der Waals surface area contributed by atoms with Crippen LogP contribution in [0, 0.1) is 0 Å². The Balaban J connectivity index is 2.19. The Morgan fingerprint density at radius 1 is 0.926 bits per heavy atom. The van der Waals surface area contributed by atoms with Gasteiger partial charge in [0.2, 0.25) is 10.0 Å². The van der Waals surface area contributed by atoms with Gasteiger partial charge in [-0.15, -0.1) is 0 Å². The summed E-state index contributed by atoms with van der Waals surface area (Å²) in [7, 11) is -2.50. The van der Waals surface area contributed by atoms with Gasteiger partial charge in [0.15, 0.2) is 0 Å². The Bertz CT molecular complexity index is 943. The number of esters is 2. The summed E-state index contributed by atoms with van der Waals surface area (Å²) in [5.41, 5.74) is -0.251. The Hall–Kier alpha value is -2.71. The standard InChI is InChI=1S/C19H21NO6S/c1-19(2,3)20-27(23,24)16-7-5-6-14(12-16)18(22)26-15-10-8-13(9-11-15)17(21)25-4/h5-12,20H,1-4H3. The molecule has 0 aliphatic rings. The fourth-order valence-electron chi connectivity index (χ4n) is 2.20. The number of hydrogen-bond donors (Lipinski definition) is 1. The molecule has 2 aromatic carbocycles. The van der Waals surface area contributed by atoms with Gasteiger partial charge >= 0.3 is 11.9 Å². The molecule has 0 aliphatic carbocycles. The van der Waals surface area contributed by atoms with Crippen molar-refractivity contribution < 1.29 is 27.5 Å². The van der Waals surface area contributed by atoms with Crippen LogP contribution in [-0.4, -0.2) is 33.0 Å². The number of rotatable bonds is 5. The van der Waals surface area contributed by atoms with E-state index in [9.17, 15) is 18.0 Å². The summed E-state index contributed by atoms with van der Waals surface area (Å²) >= 11 is 0. The summed E-state index contributed by atoms with van der Waals surface area (Å²) < 4.78 is 37.2. The summed E-state index contributed by atoms with van der Waals surface area (Å²) in [6, 6.07) is 11.4. The maximum absolute atomic E-state index is 12.4. The third-order valence-corrected chi connectivity index (χ3v) is 5.06. The predicted molar refractivity (Wildman–Crippen MR) is 99.3 cm³/mol. The molecule has 0 fully saturated rings. The molecule has 2 aromatic rings. The van der Waals surface area contributed by atoms with Crippen LogP contribution < -0.4 is 9.46 Å². The lowest BCUT2D eigenvalue weighted by Gasteiger charge is -2.20. The first-order chi connectivity index (χ1) is 12.5. The zero-order valence-electron chi connectivity index (χ0n) is 15.5. The molecule has 8 heteroatoms. The van der Waals surface area contributed by atoms with Crippen LogP contribution in [-0.2, 0) is 14.8 Å². The van der Waals surface area contributed by atoms with Gasteiger partial charge in [-0.25, -0.2) is 22.7 Å². The fraction of sp³-hybridized carbons (Fsp3) is 0.263. The first-order valence-electron chi connectivity index (χ1n) is 8.06. The average molecular weight is 391 g/mol. The van der Waals surface area contributed by atoms with Crippen LogP contribution in [0.1, 0.15) is 41.5 Å². The number of benzene rings is 2. The van der Waals surface area contributed by atoms with Crippen molar-refractivity contribution in [1.29, 1.82) is 0 Å². The smallest absolute Gasteiger partial charge is 0.343 e. The molecule has 0 bridgehead atoms. The second kappa shape index (κ2) is 7.89. The summed E-state index contributed by atoms with van der Waals surface area (Å²) in [5.74, 6) is -1.00. The van der Waals surface area contributed by atoms with Gasteiger partial charge in [0.1, 0.15) is 5.75 Å². The maximum atomic E-state index is 12.4. The number of nitrogens with one attached hydrogen (secondary N) is 1. The van der Waals surface area contributed by atoms with E-state index in [2.05, 4.69) is 9.46 Å². The summed E-state index contributed by atoms with van der Waals surface area (Å²) in [4.78, 5) is 23.7. The van der Waals surface area contributed by atoms with Crippen LogP contribution >= 0.6 is 0 Å². The van der Waals surface area contributed by atoms with Gasteiger partial charge in [-0.2, -0.15) is 0 Å². The predicted octanol–water partition coefficient (Wildman–Crippen LogP) is 2.77. The van der Waals surface area contributed by atoms with Crippen molar-refractivity contribution in [2.75, 3.05) is 7.11 Å². The second-order valence-corrected chi connectivity index (χ2v) is 8.47. The van der Waals surface area contributed by atoms with Crippen LogP contribution in [0.25, 0.3) is 0 Å². The molecule has 0 aliphatic heterocycles. The van der Waals surface area contributed by atoms with Gasteiger partial charge in [-0.3, -0.25) is 0 Å². The van der Waals surface area contributed by atoms with E-state index in [0.717, 1.165) is 0 Å². The average Bonchev–Trinajstić information content (AvgIpc) is 2.60. The largest absolute Gasteiger partial charge is 0.465 e. The van der Waals surface area contributed by atoms with Gasteiger partial charge in [0, 0.05) is 5.54 Å². The van der Waals surface area contributed by atoms with E-state index < -0.39 is 27.5 Å². The highest BCUT2D eigenvalue weighted by Crippen LogP contribution is 2.18. The van der Waals surface area contributed by atoms with E-state index in [0.29, 0.717) is 5.56 Å². The van der Waals surface area contributed by atoms with Crippen LogP contribution in [0.15, 0.2) is 53.4 Å². The Morgan fingerprint density at radius 3 is 2.11 bits per heavy atom. The van der Waals surface area contributed by atoms with Crippen molar-refractivity contribution in [3.05, 3.63) is 59.7 Å². The molecule has 0 spiro atoms. The highest BCUT2D eigenvalue weighted by molar-refractivity contribution is 7.89. The van der Waals surface area contributed by atoms with E-state index in [1.165, 1.54) is 55.6 Å². The van der Waals surface area contributed by atoms with Gasteiger partial charge in [0.25, 0.3) is 0 Å². The minimum Gasteiger partial charge on any atom is -0.465 e. The molecule has 2 rings (SSSR count). The minimum atomic E-state index is -3.77. The molecule has 0 unspecified atom stereocenters. The van der Waals surface area contributed by atoms with Crippen LogP contribution in [0.4, 0.5) is 0 Å². The van der Waals surface area contributed by atoms with E-state index in [4.69, 9.17) is 4.74 Å². The lowest BCUT2D eigenvalue weighted by molar-refractivity contribution is 0.0600. The third-order valence-electron chi connectivity index (χ3n) is 3.31. The molecule has 0 heterocycles. The summed E-state index contributed by atoms with van der Waals surface area (Å²) in [6.45, 7) is 5.17. The Kier molecular flexibility index (Phi) is 6.02. The molecule has 0 saturated carbocycles. The SMILES string of the molecule is COC(=O)c1ccc(OC(=O)c2cccc(S(=O)(=O)NC(C)(C)C)c2)cc1. The number of sulfonamides is 1. The lowest BCUT2D eigenvalue weighted by Crippen LogP contribution is -2.40. The molecule has 0 aromatic heterocycles. The molecule has 1 N–H and O–H groups in total. The highest BCUT2D eigenvalue weighted by atomic mass is 32.2. The zero-order valence-corrected chi connectivity index (χ0v) is 16.3.